The molecule has 1 aromatic rings. The second-order valence-corrected chi connectivity index (χ2v) is 2.59. The highest BCUT2D eigenvalue weighted by Crippen LogP contribution is 2.15. The van der Waals surface area contributed by atoms with Crippen molar-refractivity contribution in [2.45, 2.75) is 6.17 Å². The van der Waals surface area contributed by atoms with E-state index in [2.05, 4.69) is 4.99 Å². The largest absolute Gasteiger partial charge is 0.508 e. The lowest BCUT2D eigenvalue weighted by atomic mass is 10.2. The van der Waals surface area contributed by atoms with Gasteiger partial charge in [-0.25, -0.2) is 4.99 Å². The molecule has 0 heterocycles. The van der Waals surface area contributed by atoms with Crippen molar-refractivity contribution >= 4 is 5.96 Å². The number of guanidine groups is 1. The fourth-order valence-electron chi connectivity index (χ4n) is 0.907. The standard InChI is InChI=1S/C8H12N4O/c9-7(12-8(10)11)5-1-3-6(13)4-2-5/h1-4,7,13H,9H2,(H4,10,11,12). The lowest BCUT2D eigenvalue weighted by Gasteiger charge is -2.06. The molecule has 0 saturated carbocycles. The van der Waals surface area contributed by atoms with Crippen molar-refractivity contribution in [1.29, 1.82) is 0 Å². The van der Waals surface area contributed by atoms with Gasteiger partial charge in [-0.1, -0.05) is 12.1 Å². The van der Waals surface area contributed by atoms with Gasteiger partial charge in [-0.2, -0.15) is 0 Å². The summed E-state index contributed by atoms with van der Waals surface area (Å²) in [6, 6.07) is 6.37. The maximum atomic E-state index is 8.99. The zero-order chi connectivity index (χ0) is 9.84. The van der Waals surface area contributed by atoms with E-state index in [1.165, 1.54) is 12.1 Å². The van der Waals surface area contributed by atoms with E-state index in [4.69, 9.17) is 22.3 Å². The number of hydrogen-bond donors (Lipinski definition) is 4. The van der Waals surface area contributed by atoms with Crippen LogP contribution in [0.25, 0.3) is 0 Å². The Morgan fingerprint density at radius 3 is 2.23 bits per heavy atom. The first-order chi connectivity index (χ1) is 6.09. The molecule has 0 aromatic heterocycles. The van der Waals surface area contributed by atoms with Crippen molar-refractivity contribution in [1.82, 2.24) is 0 Å². The maximum Gasteiger partial charge on any atom is 0.187 e. The highest BCUT2D eigenvalue weighted by atomic mass is 16.3. The van der Waals surface area contributed by atoms with Gasteiger partial charge in [0.25, 0.3) is 0 Å². The van der Waals surface area contributed by atoms with Crippen LogP contribution in [-0.4, -0.2) is 11.1 Å². The number of nitrogens with zero attached hydrogens (tertiary/aromatic N) is 1. The van der Waals surface area contributed by atoms with Crippen molar-refractivity contribution in [2.75, 3.05) is 0 Å². The molecular weight excluding hydrogens is 168 g/mol. The molecule has 1 atom stereocenters. The highest BCUT2D eigenvalue weighted by Gasteiger charge is 2.02. The molecule has 5 heteroatoms. The third kappa shape index (κ3) is 2.64. The van der Waals surface area contributed by atoms with Crippen LogP contribution in [-0.2, 0) is 0 Å². The van der Waals surface area contributed by atoms with Crippen molar-refractivity contribution in [3.63, 3.8) is 0 Å². The first kappa shape index (κ1) is 9.34. The van der Waals surface area contributed by atoms with E-state index in [1.54, 1.807) is 12.1 Å². The van der Waals surface area contributed by atoms with E-state index in [0.717, 1.165) is 5.56 Å². The molecule has 0 saturated heterocycles. The number of aliphatic imine (C=N–C) groups is 1. The molecule has 0 spiro atoms. The number of rotatable bonds is 2. The topological polar surface area (TPSA) is 111 Å². The van der Waals surface area contributed by atoms with Crippen LogP contribution in [0.1, 0.15) is 11.7 Å². The number of phenolic OH excluding ortho intramolecular Hbond substituents is 1. The molecule has 5 nitrogen and oxygen atoms in total. The molecule has 0 aliphatic heterocycles. The molecule has 1 unspecified atom stereocenters. The SMILES string of the molecule is NC(N)=NC(N)c1ccc(O)cc1. The number of hydrogen-bond acceptors (Lipinski definition) is 3. The molecule has 1 aromatic carbocycles. The second kappa shape index (κ2) is 3.77. The molecular formula is C8H12N4O. The summed E-state index contributed by atoms with van der Waals surface area (Å²) in [7, 11) is 0. The van der Waals surface area contributed by atoms with Gasteiger partial charge in [0.05, 0.1) is 0 Å². The Labute approximate surface area is 75.9 Å². The molecule has 0 aliphatic rings. The molecule has 0 bridgehead atoms. The summed E-state index contributed by atoms with van der Waals surface area (Å²) in [4.78, 5) is 3.75. The summed E-state index contributed by atoms with van der Waals surface area (Å²) in [6.45, 7) is 0. The van der Waals surface area contributed by atoms with Gasteiger partial charge in [0.1, 0.15) is 11.9 Å². The van der Waals surface area contributed by atoms with Crippen LogP contribution in [0.15, 0.2) is 29.3 Å². The highest BCUT2D eigenvalue weighted by molar-refractivity contribution is 5.75. The summed E-state index contributed by atoms with van der Waals surface area (Å²) in [6.07, 6.45) is -0.578. The van der Waals surface area contributed by atoms with E-state index in [1.807, 2.05) is 0 Å². The minimum absolute atomic E-state index is 0.0550. The van der Waals surface area contributed by atoms with Gasteiger partial charge in [-0.15, -0.1) is 0 Å². The van der Waals surface area contributed by atoms with Crippen LogP contribution in [0, 0.1) is 0 Å². The third-order valence-electron chi connectivity index (χ3n) is 1.52. The normalized spacial score (nSPS) is 12.1. The third-order valence-corrected chi connectivity index (χ3v) is 1.52. The monoisotopic (exact) mass is 180 g/mol. The van der Waals surface area contributed by atoms with Crippen molar-refractivity contribution in [2.24, 2.45) is 22.2 Å². The molecule has 0 amide bonds. The zero-order valence-electron chi connectivity index (χ0n) is 7.01. The Morgan fingerprint density at radius 1 is 1.23 bits per heavy atom. The van der Waals surface area contributed by atoms with Gasteiger partial charge in [0.15, 0.2) is 5.96 Å². The average Bonchev–Trinajstić information content (AvgIpc) is 2.04. The fourth-order valence-corrected chi connectivity index (χ4v) is 0.907. The fraction of sp³-hybridized carbons (Fsp3) is 0.125. The Hall–Kier alpha value is -1.75. The minimum atomic E-state index is -0.578. The summed E-state index contributed by atoms with van der Waals surface area (Å²) in [5, 5.41) is 8.99. The average molecular weight is 180 g/mol. The van der Waals surface area contributed by atoms with Crippen molar-refractivity contribution in [3.8, 4) is 5.75 Å². The van der Waals surface area contributed by atoms with E-state index in [9.17, 15) is 0 Å². The van der Waals surface area contributed by atoms with Gasteiger partial charge in [-0.05, 0) is 17.7 Å². The predicted molar refractivity (Wildman–Crippen MR) is 50.8 cm³/mol. The number of phenols is 1. The molecule has 1 rings (SSSR count). The smallest absolute Gasteiger partial charge is 0.187 e. The first-order valence-electron chi connectivity index (χ1n) is 3.73. The summed E-state index contributed by atoms with van der Waals surface area (Å²) < 4.78 is 0. The lowest BCUT2D eigenvalue weighted by Crippen LogP contribution is -2.25. The first-order valence-corrected chi connectivity index (χ1v) is 3.73. The van der Waals surface area contributed by atoms with Crippen molar-refractivity contribution in [3.05, 3.63) is 29.8 Å². The number of aromatic hydroxyl groups is 1. The Balaban J connectivity index is 2.83. The van der Waals surface area contributed by atoms with Crippen LogP contribution >= 0.6 is 0 Å². The van der Waals surface area contributed by atoms with Crippen LogP contribution in [0.5, 0.6) is 5.75 Å². The summed E-state index contributed by atoms with van der Waals surface area (Å²) >= 11 is 0. The van der Waals surface area contributed by atoms with E-state index in [-0.39, 0.29) is 11.7 Å². The van der Waals surface area contributed by atoms with E-state index in [0.29, 0.717) is 0 Å². The number of benzene rings is 1. The molecule has 0 radical (unpaired) electrons. The van der Waals surface area contributed by atoms with E-state index >= 15 is 0 Å². The summed E-state index contributed by atoms with van der Waals surface area (Å²) in [5.41, 5.74) is 16.7. The van der Waals surface area contributed by atoms with Gasteiger partial charge < -0.3 is 22.3 Å². The molecule has 7 N–H and O–H groups in total. The Kier molecular flexibility index (Phi) is 2.71. The number of nitrogens with two attached hydrogens (primary N) is 3. The maximum absolute atomic E-state index is 8.99. The molecule has 0 aliphatic carbocycles. The second-order valence-electron chi connectivity index (χ2n) is 2.59. The van der Waals surface area contributed by atoms with Gasteiger partial charge in [-0.3, -0.25) is 0 Å². The zero-order valence-corrected chi connectivity index (χ0v) is 7.01. The molecule has 0 fully saturated rings. The van der Waals surface area contributed by atoms with Crippen LogP contribution in [0.2, 0.25) is 0 Å². The van der Waals surface area contributed by atoms with Crippen LogP contribution in [0.3, 0.4) is 0 Å². The van der Waals surface area contributed by atoms with Crippen molar-refractivity contribution < 1.29 is 5.11 Å². The van der Waals surface area contributed by atoms with Gasteiger partial charge in [0.2, 0.25) is 0 Å². The lowest BCUT2D eigenvalue weighted by molar-refractivity contribution is 0.475. The Morgan fingerprint density at radius 2 is 1.77 bits per heavy atom. The quantitative estimate of drug-likeness (QED) is 0.367. The van der Waals surface area contributed by atoms with Crippen LogP contribution < -0.4 is 17.2 Å². The van der Waals surface area contributed by atoms with Gasteiger partial charge >= 0.3 is 0 Å². The summed E-state index contributed by atoms with van der Waals surface area (Å²) in [5.74, 6) is 0.126. The Bertz CT molecular complexity index is 302. The van der Waals surface area contributed by atoms with Crippen LogP contribution in [0.4, 0.5) is 0 Å². The minimum Gasteiger partial charge on any atom is -0.508 e. The van der Waals surface area contributed by atoms with Gasteiger partial charge in [0, 0.05) is 0 Å². The predicted octanol–water partition coefficient (Wildman–Crippen LogP) is -0.377. The molecule has 70 valence electrons. The molecule has 13 heavy (non-hydrogen) atoms. The van der Waals surface area contributed by atoms with E-state index < -0.39 is 6.17 Å².